The molecule has 172 valence electrons. The molecule has 3 aromatic rings. The number of anilines is 1. The van der Waals surface area contributed by atoms with E-state index in [4.69, 9.17) is 18.9 Å². The summed E-state index contributed by atoms with van der Waals surface area (Å²) >= 11 is 0. The van der Waals surface area contributed by atoms with E-state index >= 15 is 0 Å². The fourth-order valence-corrected chi connectivity index (χ4v) is 2.97. The highest BCUT2D eigenvalue weighted by atomic mass is 16.6. The molecule has 0 spiro atoms. The van der Waals surface area contributed by atoms with Gasteiger partial charge < -0.3 is 24.3 Å². The van der Waals surface area contributed by atoms with Gasteiger partial charge in [0, 0.05) is 11.8 Å². The van der Waals surface area contributed by atoms with Gasteiger partial charge in [-0.2, -0.15) is 0 Å². The Morgan fingerprint density at radius 2 is 1.64 bits per heavy atom. The lowest BCUT2D eigenvalue weighted by atomic mass is 10.1. The van der Waals surface area contributed by atoms with Crippen molar-refractivity contribution in [1.29, 1.82) is 0 Å². The molecule has 3 rings (SSSR count). The van der Waals surface area contributed by atoms with Crippen LogP contribution in [0.3, 0.4) is 0 Å². The molecule has 7 heteroatoms. The fraction of sp³-hybridized carbons (Fsp3) is 0.231. The summed E-state index contributed by atoms with van der Waals surface area (Å²) in [5, 5.41) is 2.73. The second-order valence-corrected chi connectivity index (χ2v) is 7.35. The minimum atomic E-state index is -0.457. The Hall–Kier alpha value is -4.00. The standard InChI is InChI=1S/C26H27NO6/c1-18-7-8-19(2)24(15-18)31-13-14-32-26(29)20-9-11-22(12-10-20)33-17-25(28)27-21-5-4-6-23(16-21)30-3/h4-12,15-16H,13-14,17H2,1-3H3,(H,27,28). The van der Waals surface area contributed by atoms with Crippen LogP contribution in [-0.4, -0.2) is 38.8 Å². The summed E-state index contributed by atoms with van der Waals surface area (Å²) in [4.78, 5) is 24.3. The molecule has 0 fully saturated rings. The minimum absolute atomic E-state index is 0.134. The summed E-state index contributed by atoms with van der Waals surface area (Å²) in [5.74, 6) is 1.12. The van der Waals surface area contributed by atoms with Crippen LogP contribution in [0, 0.1) is 13.8 Å². The third-order valence-electron chi connectivity index (χ3n) is 4.73. The molecule has 1 N–H and O–H groups in total. The Balaban J connectivity index is 1.41. The van der Waals surface area contributed by atoms with Crippen molar-refractivity contribution in [3.05, 3.63) is 83.4 Å². The van der Waals surface area contributed by atoms with Crippen molar-refractivity contribution in [3.63, 3.8) is 0 Å². The third-order valence-corrected chi connectivity index (χ3v) is 4.73. The van der Waals surface area contributed by atoms with Crippen molar-refractivity contribution in [2.75, 3.05) is 32.2 Å². The van der Waals surface area contributed by atoms with Crippen molar-refractivity contribution in [2.24, 2.45) is 0 Å². The second kappa shape index (κ2) is 11.6. The molecular weight excluding hydrogens is 422 g/mol. The van der Waals surface area contributed by atoms with Gasteiger partial charge in [0.25, 0.3) is 5.91 Å². The molecule has 7 nitrogen and oxygen atoms in total. The van der Waals surface area contributed by atoms with E-state index in [2.05, 4.69) is 5.32 Å². The zero-order valence-electron chi connectivity index (χ0n) is 18.9. The summed E-state index contributed by atoms with van der Waals surface area (Å²) in [7, 11) is 1.56. The number of carbonyl (C=O) groups is 2. The molecular formula is C26H27NO6. The van der Waals surface area contributed by atoms with Gasteiger partial charge in [-0.05, 0) is 67.4 Å². The van der Waals surface area contributed by atoms with Crippen LogP contribution in [0.5, 0.6) is 17.2 Å². The van der Waals surface area contributed by atoms with Crippen LogP contribution in [0.15, 0.2) is 66.7 Å². The van der Waals surface area contributed by atoms with Gasteiger partial charge in [0.1, 0.15) is 30.5 Å². The summed E-state index contributed by atoms with van der Waals surface area (Å²) < 4.78 is 21.6. The summed E-state index contributed by atoms with van der Waals surface area (Å²) in [5.41, 5.74) is 3.13. The van der Waals surface area contributed by atoms with Gasteiger partial charge in [0.15, 0.2) is 6.61 Å². The van der Waals surface area contributed by atoms with E-state index < -0.39 is 5.97 Å². The van der Waals surface area contributed by atoms with Gasteiger partial charge in [0.05, 0.1) is 12.7 Å². The number of hydrogen-bond donors (Lipinski definition) is 1. The first-order valence-electron chi connectivity index (χ1n) is 10.5. The molecule has 0 aliphatic rings. The maximum Gasteiger partial charge on any atom is 0.338 e. The zero-order chi connectivity index (χ0) is 23.6. The van der Waals surface area contributed by atoms with Gasteiger partial charge in [-0.15, -0.1) is 0 Å². The normalized spacial score (nSPS) is 10.3. The molecule has 0 atom stereocenters. The van der Waals surface area contributed by atoms with E-state index in [0.717, 1.165) is 16.9 Å². The van der Waals surface area contributed by atoms with Crippen molar-refractivity contribution in [3.8, 4) is 17.2 Å². The summed E-state index contributed by atoms with van der Waals surface area (Å²) in [6.45, 7) is 4.19. The van der Waals surface area contributed by atoms with Crippen molar-refractivity contribution in [2.45, 2.75) is 13.8 Å². The largest absolute Gasteiger partial charge is 0.497 e. The van der Waals surface area contributed by atoms with E-state index in [9.17, 15) is 9.59 Å². The van der Waals surface area contributed by atoms with Gasteiger partial charge in [-0.1, -0.05) is 18.2 Å². The topological polar surface area (TPSA) is 83.1 Å². The number of amides is 1. The maximum atomic E-state index is 12.2. The van der Waals surface area contributed by atoms with E-state index in [-0.39, 0.29) is 25.7 Å². The van der Waals surface area contributed by atoms with Crippen LogP contribution in [0.25, 0.3) is 0 Å². The number of methoxy groups -OCH3 is 1. The summed E-state index contributed by atoms with van der Waals surface area (Å²) in [6, 6.07) is 19.4. The Morgan fingerprint density at radius 1 is 0.848 bits per heavy atom. The smallest absolute Gasteiger partial charge is 0.338 e. The number of benzene rings is 3. The molecule has 0 saturated carbocycles. The molecule has 0 radical (unpaired) electrons. The first kappa shape index (κ1) is 23.7. The Labute approximate surface area is 193 Å². The van der Waals surface area contributed by atoms with Crippen LogP contribution < -0.4 is 19.5 Å². The average Bonchev–Trinajstić information content (AvgIpc) is 2.83. The van der Waals surface area contributed by atoms with Crippen molar-refractivity contribution in [1.82, 2.24) is 0 Å². The van der Waals surface area contributed by atoms with E-state index in [1.807, 2.05) is 32.0 Å². The lowest BCUT2D eigenvalue weighted by Gasteiger charge is -2.11. The third kappa shape index (κ3) is 7.28. The molecule has 0 bridgehead atoms. The monoisotopic (exact) mass is 449 g/mol. The van der Waals surface area contributed by atoms with Crippen LogP contribution in [0.2, 0.25) is 0 Å². The molecule has 0 unspecified atom stereocenters. The number of nitrogens with one attached hydrogen (secondary N) is 1. The number of hydrogen-bond acceptors (Lipinski definition) is 6. The number of esters is 1. The SMILES string of the molecule is COc1cccc(NC(=O)COc2ccc(C(=O)OCCOc3cc(C)ccc3C)cc2)c1. The Bertz CT molecular complexity index is 1090. The molecule has 0 heterocycles. The van der Waals surface area contributed by atoms with Crippen molar-refractivity contribution >= 4 is 17.6 Å². The quantitative estimate of drug-likeness (QED) is 0.361. The number of rotatable bonds is 10. The Morgan fingerprint density at radius 3 is 2.39 bits per heavy atom. The van der Waals surface area contributed by atoms with Crippen LogP contribution in [-0.2, 0) is 9.53 Å². The lowest BCUT2D eigenvalue weighted by Crippen LogP contribution is -2.20. The predicted octanol–water partition coefficient (Wildman–Crippen LogP) is 4.57. The number of aryl methyl sites for hydroxylation is 2. The molecule has 0 aliphatic carbocycles. The van der Waals surface area contributed by atoms with Crippen LogP contribution in [0.1, 0.15) is 21.5 Å². The molecule has 3 aromatic carbocycles. The van der Waals surface area contributed by atoms with Crippen molar-refractivity contribution < 1.29 is 28.5 Å². The second-order valence-electron chi connectivity index (χ2n) is 7.35. The van der Waals surface area contributed by atoms with E-state index in [0.29, 0.717) is 22.7 Å². The minimum Gasteiger partial charge on any atom is -0.497 e. The molecule has 33 heavy (non-hydrogen) atoms. The molecule has 1 amide bonds. The van der Waals surface area contributed by atoms with E-state index in [1.54, 1.807) is 55.6 Å². The van der Waals surface area contributed by atoms with Gasteiger partial charge in [0.2, 0.25) is 0 Å². The number of carbonyl (C=O) groups excluding carboxylic acids is 2. The van der Waals surface area contributed by atoms with Crippen LogP contribution in [0.4, 0.5) is 5.69 Å². The first-order valence-corrected chi connectivity index (χ1v) is 10.5. The molecule has 0 aliphatic heterocycles. The number of ether oxygens (including phenoxy) is 4. The van der Waals surface area contributed by atoms with Crippen LogP contribution >= 0.6 is 0 Å². The van der Waals surface area contributed by atoms with Gasteiger partial charge in [-0.25, -0.2) is 4.79 Å². The highest BCUT2D eigenvalue weighted by Crippen LogP contribution is 2.19. The summed E-state index contributed by atoms with van der Waals surface area (Å²) in [6.07, 6.45) is 0. The van der Waals surface area contributed by atoms with Gasteiger partial charge >= 0.3 is 5.97 Å². The fourth-order valence-electron chi connectivity index (χ4n) is 2.97. The van der Waals surface area contributed by atoms with Gasteiger partial charge in [-0.3, -0.25) is 4.79 Å². The molecule has 0 saturated heterocycles. The highest BCUT2D eigenvalue weighted by Gasteiger charge is 2.09. The zero-order valence-corrected chi connectivity index (χ0v) is 18.9. The Kier molecular flexibility index (Phi) is 8.30. The highest BCUT2D eigenvalue weighted by molar-refractivity contribution is 5.92. The first-order chi connectivity index (χ1) is 15.9. The predicted molar refractivity (Wildman–Crippen MR) is 125 cm³/mol. The lowest BCUT2D eigenvalue weighted by molar-refractivity contribution is -0.118. The average molecular weight is 450 g/mol. The maximum absolute atomic E-state index is 12.2. The van der Waals surface area contributed by atoms with E-state index in [1.165, 1.54) is 0 Å². The molecule has 0 aromatic heterocycles.